The summed E-state index contributed by atoms with van der Waals surface area (Å²) in [5.41, 5.74) is 3.07. The Morgan fingerprint density at radius 1 is 1.07 bits per heavy atom. The molecule has 3 rings (SSSR count). The van der Waals surface area contributed by atoms with Crippen molar-refractivity contribution in [3.8, 4) is 5.75 Å². The average Bonchev–Trinajstić information content (AvgIpc) is 2.98. The number of carbonyl (C=O) groups is 1. The van der Waals surface area contributed by atoms with Gasteiger partial charge in [0.25, 0.3) is 0 Å². The number of carbonyl (C=O) groups excluding carboxylic acids is 1. The fourth-order valence-electron chi connectivity index (χ4n) is 3.44. The lowest BCUT2D eigenvalue weighted by molar-refractivity contribution is -0.116. The SMILES string of the molecule is Cc1cc(OCCCC(=O)Nc2ccc(N3CCCCCC3)cc2)ccc1Cl. The second-order valence-electron chi connectivity index (χ2n) is 7.36. The number of nitrogens with one attached hydrogen (secondary N) is 1. The molecule has 1 N–H and O–H groups in total. The minimum Gasteiger partial charge on any atom is -0.494 e. The lowest BCUT2D eigenvalue weighted by Crippen LogP contribution is -2.23. The van der Waals surface area contributed by atoms with Crippen molar-refractivity contribution in [2.24, 2.45) is 0 Å². The zero-order valence-corrected chi connectivity index (χ0v) is 17.3. The smallest absolute Gasteiger partial charge is 0.224 e. The Bertz CT molecular complexity index is 769. The van der Waals surface area contributed by atoms with E-state index in [2.05, 4.69) is 22.3 Å². The summed E-state index contributed by atoms with van der Waals surface area (Å²) < 4.78 is 5.69. The van der Waals surface area contributed by atoms with E-state index in [4.69, 9.17) is 16.3 Å². The third kappa shape index (κ3) is 6.16. The van der Waals surface area contributed by atoms with Crippen LogP contribution in [0.2, 0.25) is 5.02 Å². The minimum absolute atomic E-state index is 0.0124. The lowest BCUT2D eigenvalue weighted by Gasteiger charge is -2.22. The first-order chi connectivity index (χ1) is 13.6. The highest BCUT2D eigenvalue weighted by Gasteiger charge is 2.10. The number of aryl methyl sites for hydroxylation is 1. The van der Waals surface area contributed by atoms with Gasteiger partial charge in [-0.05, 0) is 74.2 Å². The van der Waals surface area contributed by atoms with Crippen molar-refractivity contribution in [1.29, 1.82) is 0 Å². The van der Waals surface area contributed by atoms with Gasteiger partial charge in [-0.25, -0.2) is 0 Å². The Morgan fingerprint density at radius 3 is 2.46 bits per heavy atom. The van der Waals surface area contributed by atoms with Gasteiger partial charge in [-0.2, -0.15) is 0 Å². The highest BCUT2D eigenvalue weighted by Crippen LogP contribution is 2.22. The van der Waals surface area contributed by atoms with Crippen molar-refractivity contribution in [2.75, 3.05) is 29.9 Å². The van der Waals surface area contributed by atoms with Crippen LogP contribution in [0.5, 0.6) is 5.75 Å². The lowest BCUT2D eigenvalue weighted by atomic mass is 10.2. The van der Waals surface area contributed by atoms with Crippen LogP contribution in [0.15, 0.2) is 42.5 Å². The average molecular weight is 401 g/mol. The van der Waals surface area contributed by atoms with Crippen LogP contribution in [0.3, 0.4) is 0 Å². The summed E-state index contributed by atoms with van der Waals surface area (Å²) in [6.45, 7) is 4.70. The van der Waals surface area contributed by atoms with E-state index in [0.717, 1.165) is 35.1 Å². The van der Waals surface area contributed by atoms with Crippen molar-refractivity contribution in [2.45, 2.75) is 45.4 Å². The maximum atomic E-state index is 12.2. The number of amides is 1. The molecule has 150 valence electrons. The molecule has 1 heterocycles. The van der Waals surface area contributed by atoms with Gasteiger partial charge < -0.3 is 15.0 Å². The fraction of sp³-hybridized carbons (Fsp3) is 0.435. The molecule has 1 aliphatic rings. The summed E-state index contributed by atoms with van der Waals surface area (Å²) in [5, 5.41) is 3.70. The molecular formula is C23H29ClN2O2. The molecule has 0 atom stereocenters. The topological polar surface area (TPSA) is 41.6 Å². The van der Waals surface area contributed by atoms with E-state index in [1.54, 1.807) is 0 Å². The third-order valence-electron chi connectivity index (χ3n) is 5.07. The van der Waals surface area contributed by atoms with Crippen molar-refractivity contribution in [3.05, 3.63) is 53.1 Å². The van der Waals surface area contributed by atoms with Crippen LogP contribution in [0.4, 0.5) is 11.4 Å². The molecule has 0 radical (unpaired) electrons. The molecular weight excluding hydrogens is 372 g/mol. The number of ether oxygens (including phenoxy) is 1. The highest BCUT2D eigenvalue weighted by molar-refractivity contribution is 6.31. The molecule has 1 aliphatic heterocycles. The van der Waals surface area contributed by atoms with Crippen LogP contribution in [-0.2, 0) is 4.79 Å². The molecule has 0 bridgehead atoms. The van der Waals surface area contributed by atoms with Crippen LogP contribution < -0.4 is 15.0 Å². The molecule has 1 amide bonds. The minimum atomic E-state index is 0.0124. The molecule has 2 aromatic rings. The van der Waals surface area contributed by atoms with Gasteiger partial charge in [-0.15, -0.1) is 0 Å². The Kier molecular flexibility index (Phi) is 7.61. The number of anilines is 2. The van der Waals surface area contributed by atoms with Crippen LogP contribution in [0, 0.1) is 6.92 Å². The number of hydrogen-bond acceptors (Lipinski definition) is 3. The Morgan fingerprint density at radius 2 is 1.79 bits per heavy atom. The Labute approximate surface area is 172 Å². The largest absolute Gasteiger partial charge is 0.494 e. The van der Waals surface area contributed by atoms with E-state index in [1.165, 1.54) is 31.4 Å². The third-order valence-corrected chi connectivity index (χ3v) is 5.49. The predicted molar refractivity (Wildman–Crippen MR) is 117 cm³/mol. The molecule has 5 heteroatoms. The number of nitrogens with zero attached hydrogens (tertiary/aromatic N) is 1. The number of benzene rings is 2. The van der Waals surface area contributed by atoms with E-state index in [1.807, 2.05) is 37.3 Å². The molecule has 0 aliphatic carbocycles. The predicted octanol–water partition coefficient (Wildman–Crippen LogP) is 5.83. The molecule has 2 aromatic carbocycles. The molecule has 28 heavy (non-hydrogen) atoms. The molecule has 1 fully saturated rings. The Hall–Kier alpha value is -2.20. The molecule has 0 aromatic heterocycles. The van der Waals surface area contributed by atoms with E-state index < -0.39 is 0 Å². The van der Waals surface area contributed by atoms with E-state index in [-0.39, 0.29) is 5.91 Å². The van der Waals surface area contributed by atoms with Crippen LogP contribution in [-0.4, -0.2) is 25.6 Å². The number of halogens is 1. The maximum Gasteiger partial charge on any atom is 0.224 e. The summed E-state index contributed by atoms with van der Waals surface area (Å²) in [7, 11) is 0. The molecule has 1 saturated heterocycles. The van der Waals surface area contributed by atoms with E-state index in [0.29, 0.717) is 19.4 Å². The van der Waals surface area contributed by atoms with Crippen LogP contribution >= 0.6 is 11.6 Å². The molecule has 0 spiro atoms. The summed E-state index contributed by atoms with van der Waals surface area (Å²) in [5.74, 6) is 0.796. The zero-order valence-electron chi connectivity index (χ0n) is 16.5. The highest BCUT2D eigenvalue weighted by atomic mass is 35.5. The van der Waals surface area contributed by atoms with Gasteiger partial charge >= 0.3 is 0 Å². The van der Waals surface area contributed by atoms with E-state index >= 15 is 0 Å². The van der Waals surface area contributed by atoms with Crippen molar-refractivity contribution in [1.82, 2.24) is 0 Å². The van der Waals surface area contributed by atoms with Gasteiger partial charge in [-0.1, -0.05) is 24.4 Å². The Balaban J connectivity index is 1.40. The van der Waals surface area contributed by atoms with Crippen LogP contribution in [0.1, 0.15) is 44.1 Å². The maximum absolute atomic E-state index is 12.2. The first-order valence-corrected chi connectivity index (χ1v) is 10.5. The molecule has 0 unspecified atom stereocenters. The van der Waals surface area contributed by atoms with Crippen LogP contribution in [0.25, 0.3) is 0 Å². The van der Waals surface area contributed by atoms with Crippen molar-refractivity contribution < 1.29 is 9.53 Å². The van der Waals surface area contributed by atoms with Gasteiger partial charge in [0.15, 0.2) is 0 Å². The van der Waals surface area contributed by atoms with Gasteiger partial charge in [0.05, 0.1) is 6.61 Å². The number of rotatable bonds is 7. The van der Waals surface area contributed by atoms with Gasteiger partial charge in [0, 0.05) is 35.9 Å². The molecule has 4 nitrogen and oxygen atoms in total. The van der Waals surface area contributed by atoms with E-state index in [9.17, 15) is 4.79 Å². The van der Waals surface area contributed by atoms with Crippen molar-refractivity contribution >= 4 is 28.9 Å². The second kappa shape index (κ2) is 10.4. The van der Waals surface area contributed by atoms with Crippen molar-refractivity contribution in [3.63, 3.8) is 0 Å². The normalized spacial score (nSPS) is 14.4. The summed E-state index contributed by atoms with van der Waals surface area (Å²) in [6.07, 6.45) is 6.27. The summed E-state index contributed by atoms with van der Waals surface area (Å²) in [4.78, 5) is 14.6. The van der Waals surface area contributed by atoms with Gasteiger partial charge in [-0.3, -0.25) is 4.79 Å². The first-order valence-electron chi connectivity index (χ1n) is 10.2. The standard InChI is InChI=1S/C23H29ClN2O2/c1-18-17-21(12-13-22(18)24)28-16-6-7-23(27)25-19-8-10-20(11-9-19)26-14-4-2-3-5-15-26/h8-13,17H,2-7,14-16H2,1H3,(H,25,27). The monoisotopic (exact) mass is 400 g/mol. The van der Waals surface area contributed by atoms with Gasteiger partial charge in [0.2, 0.25) is 5.91 Å². The number of hydrogen-bond donors (Lipinski definition) is 1. The zero-order chi connectivity index (χ0) is 19.8. The first kappa shape index (κ1) is 20.5. The summed E-state index contributed by atoms with van der Waals surface area (Å²) >= 11 is 6.01. The molecule has 0 saturated carbocycles. The van der Waals surface area contributed by atoms with Gasteiger partial charge in [0.1, 0.15) is 5.75 Å². The quantitative estimate of drug-likeness (QED) is 0.595. The second-order valence-corrected chi connectivity index (χ2v) is 7.77. The summed E-state index contributed by atoms with van der Waals surface area (Å²) in [6, 6.07) is 13.8. The fourth-order valence-corrected chi connectivity index (χ4v) is 3.56.